The summed E-state index contributed by atoms with van der Waals surface area (Å²) in [5.41, 5.74) is -0.875. The first-order chi connectivity index (χ1) is 12.7. The molecular weight excluding hydrogens is 404 g/mol. The molecule has 2 rings (SSSR count). The van der Waals surface area contributed by atoms with E-state index in [1.165, 1.54) is 13.8 Å². The lowest BCUT2D eigenvalue weighted by Crippen LogP contribution is -2.42. The number of nitrogens with one attached hydrogen (secondary N) is 1. The highest BCUT2D eigenvalue weighted by Crippen LogP contribution is 2.37. The predicted octanol–water partition coefficient (Wildman–Crippen LogP) is 3.62. The molecule has 154 valence electrons. The second-order valence-electron chi connectivity index (χ2n) is 5.64. The summed E-state index contributed by atoms with van der Waals surface area (Å²) < 4.78 is 90.8. The van der Waals surface area contributed by atoms with Gasteiger partial charge in [-0.15, -0.1) is 26.3 Å². The Bertz CT molecular complexity index is 792. The summed E-state index contributed by atoms with van der Waals surface area (Å²) in [6.07, 6.45) is -9.80. The zero-order chi connectivity index (χ0) is 21.3. The van der Waals surface area contributed by atoms with Crippen molar-refractivity contribution in [1.82, 2.24) is 0 Å². The van der Waals surface area contributed by atoms with Crippen LogP contribution in [0.15, 0.2) is 30.0 Å². The number of benzene rings is 1. The molecule has 1 N–H and O–H groups in total. The highest BCUT2D eigenvalue weighted by molar-refractivity contribution is 6.15. The Kier molecular flexibility index (Phi) is 5.39. The van der Waals surface area contributed by atoms with E-state index < -0.39 is 47.5 Å². The Balaban J connectivity index is 2.28. The number of rotatable bonds is 4. The molecule has 1 fully saturated rings. The molecule has 0 saturated carbocycles. The third kappa shape index (κ3) is 5.96. The maximum atomic E-state index is 12.4. The summed E-state index contributed by atoms with van der Waals surface area (Å²) >= 11 is 0. The summed E-state index contributed by atoms with van der Waals surface area (Å²) in [4.78, 5) is 23.5. The maximum Gasteiger partial charge on any atom is 0.573 e. The molecule has 13 heteroatoms. The number of carbonyl (C=O) groups is 2. The maximum absolute atomic E-state index is 12.4. The Morgan fingerprint density at radius 2 is 1.43 bits per heavy atom. The minimum atomic E-state index is -5.30. The van der Waals surface area contributed by atoms with Crippen LogP contribution in [0, 0.1) is 0 Å². The molecular formula is C15H11F6NO6. The van der Waals surface area contributed by atoms with E-state index in [0.717, 1.165) is 12.3 Å². The van der Waals surface area contributed by atoms with Gasteiger partial charge in [-0.2, -0.15) is 0 Å². The molecule has 0 radical (unpaired) electrons. The van der Waals surface area contributed by atoms with Crippen LogP contribution in [0.4, 0.5) is 32.0 Å². The van der Waals surface area contributed by atoms with Crippen LogP contribution < -0.4 is 14.8 Å². The van der Waals surface area contributed by atoms with Gasteiger partial charge in [-0.05, 0) is 12.1 Å². The normalized spacial score (nSPS) is 16.8. The van der Waals surface area contributed by atoms with Gasteiger partial charge in [-0.1, -0.05) is 0 Å². The fourth-order valence-electron chi connectivity index (χ4n) is 1.95. The molecule has 0 amide bonds. The predicted molar refractivity (Wildman–Crippen MR) is 77.8 cm³/mol. The lowest BCUT2D eigenvalue weighted by molar-refractivity contribution is -0.287. The highest BCUT2D eigenvalue weighted by Gasteiger charge is 2.39. The third-order valence-corrected chi connectivity index (χ3v) is 2.90. The highest BCUT2D eigenvalue weighted by atomic mass is 19.4. The number of ether oxygens (including phenoxy) is 4. The lowest BCUT2D eigenvalue weighted by Gasteiger charge is -2.29. The standard InChI is InChI=1S/C15H11F6NO6/c1-13(2)27-11(23)8(12(24)28-13)6-22-7-3-4-9(25-14(16,17)18)10(5-7)26-15(19,20)21/h3-6,22H,1-2H3. The van der Waals surface area contributed by atoms with Crippen molar-refractivity contribution in [2.24, 2.45) is 0 Å². The van der Waals surface area contributed by atoms with Gasteiger partial charge in [0, 0.05) is 31.8 Å². The van der Waals surface area contributed by atoms with Crippen molar-refractivity contribution in [2.75, 3.05) is 5.32 Å². The van der Waals surface area contributed by atoms with Gasteiger partial charge in [-0.3, -0.25) is 0 Å². The summed E-state index contributed by atoms with van der Waals surface area (Å²) in [5, 5.41) is 2.27. The number of hydrogen-bond acceptors (Lipinski definition) is 7. The van der Waals surface area contributed by atoms with E-state index in [1.54, 1.807) is 0 Å². The average Bonchev–Trinajstić information content (AvgIpc) is 2.44. The largest absolute Gasteiger partial charge is 0.573 e. The van der Waals surface area contributed by atoms with Gasteiger partial charge in [0.25, 0.3) is 5.79 Å². The molecule has 1 saturated heterocycles. The minimum Gasteiger partial charge on any atom is -0.419 e. The lowest BCUT2D eigenvalue weighted by atomic mass is 10.2. The van der Waals surface area contributed by atoms with Crippen LogP contribution in [0.2, 0.25) is 0 Å². The van der Waals surface area contributed by atoms with Crippen LogP contribution in [0.1, 0.15) is 13.8 Å². The van der Waals surface area contributed by atoms with Crippen molar-refractivity contribution in [2.45, 2.75) is 32.4 Å². The molecule has 7 nitrogen and oxygen atoms in total. The van der Waals surface area contributed by atoms with Crippen molar-refractivity contribution in [3.8, 4) is 11.5 Å². The Morgan fingerprint density at radius 3 is 1.93 bits per heavy atom. The van der Waals surface area contributed by atoms with Crippen LogP contribution in [0.25, 0.3) is 0 Å². The molecule has 0 unspecified atom stereocenters. The number of anilines is 1. The van der Waals surface area contributed by atoms with E-state index in [4.69, 9.17) is 9.47 Å². The number of carbonyl (C=O) groups excluding carboxylic acids is 2. The van der Waals surface area contributed by atoms with Gasteiger partial charge in [0.05, 0.1) is 0 Å². The van der Waals surface area contributed by atoms with Crippen LogP contribution in [0.3, 0.4) is 0 Å². The average molecular weight is 415 g/mol. The van der Waals surface area contributed by atoms with Gasteiger partial charge in [-0.25, -0.2) is 9.59 Å². The molecule has 28 heavy (non-hydrogen) atoms. The van der Waals surface area contributed by atoms with E-state index in [-0.39, 0.29) is 5.69 Å². The molecule has 0 aromatic heterocycles. The van der Waals surface area contributed by atoms with E-state index in [9.17, 15) is 35.9 Å². The topological polar surface area (TPSA) is 83.1 Å². The zero-order valence-corrected chi connectivity index (χ0v) is 14.0. The Hall–Kier alpha value is -3.12. The summed E-state index contributed by atoms with van der Waals surface area (Å²) in [7, 11) is 0. The van der Waals surface area contributed by atoms with E-state index in [0.29, 0.717) is 12.1 Å². The smallest absolute Gasteiger partial charge is 0.419 e. The van der Waals surface area contributed by atoms with Crippen LogP contribution >= 0.6 is 0 Å². The SMILES string of the molecule is CC1(C)OC(=O)C(=CNc2ccc(OC(F)(F)F)c(OC(F)(F)F)c2)C(=O)O1. The summed E-state index contributed by atoms with van der Waals surface area (Å²) in [6.45, 7) is 2.60. The number of cyclic esters (lactones) is 2. The van der Waals surface area contributed by atoms with Crippen molar-refractivity contribution in [3.05, 3.63) is 30.0 Å². The molecule has 0 atom stereocenters. The van der Waals surface area contributed by atoms with E-state index >= 15 is 0 Å². The van der Waals surface area contributed by atoms with Crippen molar-refractivity contribution >= 4 is 17.6 Å². The molecule has 1 aromatic carbocycles. The second kappa shape index (κ2) is 7.13. The van der Waals surface area contributed by atoms with Crippen LogP contribution in [-0.2, 0) is 19.1 Å². The summed E-state index contributed by atoms with van der Waals surface area (Å²) in [5.74, 6) is -6.20. The Morgan fingerprint density at radius 1 is 0.929 bits per heavy atom. The molecule has 0 aliphatic carbocycles. The molecule has 1 heterocycles. The Labute approximate surface area is 152 Å². The van der Waals surface area contributed by atoms with Gasteiger partial charge in [0.2, 0.25) is 0 Å². The molecule has 0 bridgehead atoms. The fraction of sp³-hybridized carbons (Fsp3) is 0.333. The molecule has 1 aromatic rings. The van der Waals surface area contributed by atoms with Gasteiger partial charge >= 0.3 is 24.7 Å². The summed E-state index contributed by atoms with van der Waals surface area (Å²) in [6, 6.07) is 1.97. The first-order valence-electron chi connectivity index (χ1n) is 7.24. The number of alkyl halides is 6. The third-order valence-electron chi connectivity index (χ3n) is 2.90. The zero-order valence-electron chi connectivity index (χ0n) is 14.0. The first-order valence-corrected chi connectivity index (χ1v) is 7.24. The van der Waals surface area contributed by atoms with E-state index in [2.05, 4.69) is 14.8 Å². The van der Waals surface area contributed by atoms with Crippen molar-refractivity contribution < 1.29 is 54.9 Å². The minimum absolute atomic E-state index is 0.258. The monoisotopic (exact) mass is 415 g/mol. The first kappa shape index (κ1) is 21.2. The second-order valence-corrected chi connectivity index (χ2v) is 5.64. The fourth-order valence-corrected chi connectivity index (χ4v) is 1.95. The number of halogens is 6. The number of hydrogen-bond donors (Lipinski definition) is 1. The van der Waals surface area contributed by atoms with Gasteiger partial charge < -0.3 is 24.3 Å². The molecule has 1 aliphatic heterocycles. The van der Waals surface area contributed by atoms with Crippen LogP contribution in [0.5, 0.6) is 11.5 Å². The van der Waals surface area contributed by atoms with Crippen molar-refractivity contribution in [1.29, 1.82) is 0 Å². The van der Waals surface area contributed by atoms with Crippen molar-refractivity contribution in [3.63, 3.8) is 0 Å². The van der Waals surface area contributed by atoms with Gasteiger partial charge in [0.15, 0.2) is 17.1 Å². The van der Waals surface area contributed by atoms with Gasteiger partial charge in [0.1, 0.15) is 0 Å². The molecule has 1 aliphatic rings. The number of esters is 2. The molecule has 0 spiro atoms. The van der Waals surface area contributed by atoms with E-state index in [1.807, 2.05) is 0 Å². The quantitative estimate of drug-likeness (QED) is 0.348. The van der Waals surface area contributed by atoms with Crippen LogP contribution in [-0.4, -0.2) is 30.5 Å².